The summed E-state index contributed by atoms with van der Waals surface area (Å²) in [7, 11) is 1.66. The van der Waals surface area contributed by atoms with Crippen molar-refractivity contribution in [2.24, 2.45) is 0 Å². The fourth-order valence-electron chi connectivity index (χ4n) is 5.94. The Morgan fingerprint density at radius 2 is 2.03 bits per heavy atom. The highest BCUT2D eigenvalue weighted by Crippen LogP contribution is 2.30. The van der Waals surface area contributed by atoms with Gasteiger partial charge in [0.2, 0.25) is 0 Å². The highest BCUT2D eigenvalue weighted by Gasteiger charge is 2.29. The fraction of sp³-hybridized carbons (Fsp3) is 0.448. The van der Waals surface area contributed by atoms with Crippen molar-refractivity contribution in [3.63, 3.8) is 0 Å². The smallest absolute Gasteiger partial charge is 0.259 e. The number of carbonyl (C=O) groups excluding carboxylic acids is 1. The average molecular weight is 531 g/mol. The van der Waals surface area contributed by atoms with Crippen LogP contribution in [0.2, 0.25) is 0 Å². The zero-order valence-corrected chi connectivity index (χ0v) is 22.6. The molecule has 2 fully saturated rings. The van der Waals surface area contributed by atoms with Gasteiger partial charge in [0.1, 0.15) is 5.75 Å². The van der Waals surface area contributed by atoms with Gasteiger partial charge in [0, 0.05) is 62.6 Å². The zero-order valence-electron chi connectivity index (χ0n) is 22.6. The standard InChI is InChI=1S/C29H34N6O4/c1-18-13-24-22(27-23(28(36)32-24)15-31-35(27)20-6-11-39-12-7-20)14-21(18)29(37)34-10-9-33(19(2)16-34)17-25-26(38-3)5-4-8-30-25/h4-5,8,13-15,19-20H,6-7,9-12,16-17H2,1-3H3,(H,32,36). The highest BCUT2D eigenvalue weighted by atomic mass is 16.5. The lowest BCUT2D eigenvalue weighted by atomic mass is 10.0. The number of carbonyl (C=O) groups is 1. The summed E-state index contributed by atoms with van der Waals surface area (Å²) in [4.78, 5) is 38.5. The minimum atomic E-state index is -0.163. The maximum absolute atomic E-state index is 13.9. The van der Waals surface area contributed by atoms with E-state index < -0.39 is 0 Å². The molecule has 204 valence electrons. The Bertz CT molecular complexity index is 1590. The van der Waals surface area contributed by atoms with Gasteiger partial charge in [-0.15, -0.1) is 0 Å². The zero-order chi connectivity index (χ0) is 27.1. The summed E-state index contributed by atoms with van der Waals surface area (Å²) in [6.45, 7) is 8.07. The molecule has 0 bridgehead atoms. The van der Waals surface area contributed by atoms with Crippen molar-refractivity contribution in [3.05, 3.63) is 63.8 Å². The molecule has 0 radical (unpaired) electrons. The maximum atomic E-state index is 13.9. The van der Waals surface area contributed by atoms with Crippen LogP contribution in [0, 0.1) is 6.92 Å². The molecule has 1 N–H and O–H groups in total. The van der Waals surface area contributed by atoms with Crippen LogP contribution in [0.3, 0.4) is 0 Å². The first-order valence-corrected chi connectivity index (χ1v) is 13.6. The molecule has 1 aromatic carbocycles. The molecule has 0 saturated carbocycles. The van der Waals surface area contributed by atoms with Crippen LogP contribution in [0.15, 0.2) is 41.5 Å². The van der Waals surface area contributed by atoms with Gasteiger partial charge in [-0.25, -0.2) is 0 Å². The van der Waals surface area contributed by atoms with Crippen molar-refractivity contribution < 1.29 is 14.3 Å². The lowest BCUT2D eigenvalue weighted by molar-refractivity contribution is 0.0489. The van der Waals surface area contributed by atoms with Gasteiger partial charge in [0.15, 0.2) is 0 Å². The van der Waals surface area contributed by atoms with Crippen LogP contribution in [0.5, 0.6) is 5.75 Å². The third-order valence-electron chi connectivity index (χ3n) is 8.15. The average Bonchev–Trinajstić information content (AvgIpc) is 3.40. The number of piperazine rings is 1. The van der Waals surface area contributed by atoms with E-state index in [1.54, 1.807) is 19.5 Å². The summed E-state index contributed by atoms with van der Waals surface area (Å²) >= 11 is 0. The molecule has 39 heavy (non-hydrogen) atoms. The second kappa shape index (κ2) is 10.4. The number of amides is 1. The molecule has 2 aliphatic heterocycles. The fourth-order valence-corrected chi connectivity index (χ4v) is 5.94. The number of ether oxygens (including phenoxy) is 2. The van der Waals surface area contributed by atoms with Crippen molar-refractivity contribution >= 4 is 27.7 Å². The number of hydrogen-bond acceptors (Lipinski definition) is 7. The molecular weight excluding hydrogens is 496 g/mol. The van der Waals surface area contributed by atoms with Crippen LogP contribution in [0.25, 0.3) is 21.8 Å². The quantitative estimate of drug-likeness (QED) is 0.422. The summed E-state index contributed by atoms with van der Waals surface area (Å²) in [6, 6.07) is 7.97. The molecule has 0 aliphatic carbocycles. The number of aromatic nitrogens is 4. The van der Waals surface area contributed by atoms with E-state index in [1.807, 2.05) is 40.8 Å². The minimum absolute atomic E-state index is 0.00722. The molecule has 6 rings (SSSR count). The summed E-state index contributed by atoms with van der Waals surface area (Å²) in [5.74, 6) is 0.784. The van der Waals surface area contributed by atoms with Crippen LogP contribution in [0.4, 0.5) is 0 Å². The third kappa shape index (κ3) is 4.68. The molecule has 1 atom stereocenters. The summed E-state index contributed by atoms with van der Waals surface area (Å²) in [6.07, 6.45) is 5.11. The number of pyridine rings is 2. The molecule has 10 nitrogen and oxygen atoms in total. The SMILES string of the molecule is COc1cccnc1CN1CCN(C(=O)c2cc3c(cc2C)[nH]c(=O)c2cnn(C4CCOCC4)c23)CC1C. The second-order valence-electron chi connectivity index (χ2n) is 10.6. The lowest BCUT2D eigenvalue weighted by Crippen LogP contribution is -2.53. The van der Waals surface area contributed by atoms with E-state index in [9.17, 15) is 9.59 Å². The van der Waals surface area contributed by atoms with E-state index in [0.29, 0.717) is 43.8 Å². The van der Waals surface area contributed by atoms with E-state index in [0.717, 1.165) is 52.8 Å². The monoisotopic (exact) mass is 530 g/mol. The number of rotatable bonds is 5. The summed E-state index contributed by atoms with van der Waals surface area (Å²) in [5.41, 5.74) is 3.74. The molecule has 1 amide bonds. The topological polar surface area (TPSA) is 106 Å². The Labute approximate surface area is 226 Å². The van der Waals surface area contributed by atoms with E-state index in [2.05, 4.69) is 26.9 Å². The van der Waals surface area contributed by atoms with Gasteiger partial charge >= 0.3 is 0 Å². The number of aryl methyl sites for hydroxylation is 1. The first-order chi connectivity index (χ1) is 18.9. The number of fused-ring (bicyclic) bond motifs is 3. The molecule has 2 saturated heterocycles. The number of aromatic amines is 1. The molecule has 0 spiro atoms. The summed E-state index contributed by atoms with van der Waals surface area (Å²) < 4.78 is 13.0. The van der Waals surface area contributed by atoms with Crippen LogP contribution in [0.1, 0.15) is 47.4 Å². The highest BCUT2D eigenvalue weighted by molar-refractivity contribution is 6.07. The van der Waals surface area contributed by atoms with E-state index in [-0.39, 0.29) is 23.6 Å². The Morgan fingerprint density at radius 1 is 1.21 bits per heavy atom. The van der Waals surface area contributed by atoms with Gasteiger partial charge in [-0.1, -0.05) is 0 Å². The maximum Gasteiger partial charge on any atom is 0.259 e. The Morgan fingerprint density at radius 3 is 2.79 bits per heavy atom. The van der Waals surface area contributed by atoms with Gasteiger partial charge in [-0.05, 0) is 56.5 Å². The number of benzene rings is 1. The molecule has 5 heterocycles. The second-order valence-corrected chi connectivity index (χ2v) is 10.6. The lowest BCUT2D eigenvalue weighted by Gasteiger charge is -2.40. The van der Waals surface area contributed by atoms with E-state index in [4.69, 9.17) is 9.47 Å². The van der Waals surface area contributed by atoms with Crippen molar-refractivity contribution in [1.82, 2.24) is 29.5 Å². The Hall–Kier alpha value is -3.76. The van der Waals surface area contributed by atoms with Crippen molar-refractivity contribution in [3.8, 4) is 5.75 Å². The Kier molecular flexibility index (Phi) is 6.82. The summed E-state index contributed by atoms with van der Waals surface area (Å²) in [5, 5.41) is 6.00. The van der Waals surface area contributed by atoms with E-state index in [1.165, 1.54) is 0 Å². The molecule has 2 aliphatic rings. The Balaban J connectivity index is 1.29. The molecule has 4 aromatic rings. The normalized spacial score (nSPS) is 19.2. The number of methoxy groups -OCH3 is 1. The van der Waals surface area contributed by atoms with Gasteiger partial charge in [0.05, 0.1) is 41.5 Å². The third-order valence-corrected chi connectivity index (χ3v) is 8.15. The molecule has 3 aromatic heterocycles. The van der Waals surface area contributed by atoms with Gasteiger partial charge in [-0.2, -0.15) is 5.10 Å². The first kappa shape index (κ1) is 25.5. The minimum Gasteiger partial charge on any atom is -0.495 e. The predicted molar refractivity (Wildman–Crippen MR) is 148 cm³/mol. The van der Waals surface area contributed by atoms with Crippen LogP contribution < -0.4 is 10.3 Å². The molecular formula is C29H34N6O4. The number of nitrogens with zero attached hydrogens (tertiary/aromatic N) is 5. The van der Waals surface area contributed by atoms with Gasteiger partial charge in [-0.3, -0.25) is 24.2 Å². The first-order valence-electron chi connectivity index (χ1n) is 13.6. The number of nitrogens with one attached hydrogen (secondary N) is 1. The van der Waals surface area contributed by atoms with E-state index >= 15 is 0 Å². The van der Waals surface area contributed by atoms with Crippen molar-refractivity contribution in [2.45, 2.75) is 45.3 Å². The predicted octanol–water partition coefficient (Wildman–Crippen LogP) is 3.29. The largest absolute Gasteiger partial charge is 0.495 e. The molecule has 10 heteroatoms. The number of hydrogen-bond donors (Lipinski definition) is 1. The number of H-pyrrole nitrogens is 1. The van der Waals surface area contributed by atoms with Crippen LogP contribution in [-0.2, 0) is 11.3 Å². The van der Waals surface area contributed by atoms with Gasteiger partial charge < -0.3 is 19.4 Å². The van der Waals surface area contributed by atoms with Gasteiger partial charge in [0.25, 0.3) is 11.5 Å². The van der Waals surface area contributed by atoms with Crippen LogP contribution >= 0.6 is 0 Å². The van der Waals surface area contributed by atoms with Crippen molar-refractivity contribution in [2.75, 3.05) is 40.0 Å². The van der Waals surface area contributed by atoms with Crippen molar-refractivity contribution in [1.29, 1.82) is 0 Å². The van der Waals surface area contributed by atoms with Crippen LogP contribution in [-0.4, -0.2) is 81.5 Å². The molecule has 1 unspecified atom stereocenters.